The van der Waals surface area contributed by atoms with Gasteiger partial charge in [0.25, 0.3) is 0 Å². The van der Waals surface area contributed by atoms with Crippen LogP contribution in [0.1, 0.15) is 52.2 Å². The Morgan fingerprint density at radius 3 is 2.55 bits per heavy atom. The summed E-state index contributed by atoms with van der Waals surface area (Å²) in [5.74, 6) is 0. The quantitative estimate of drug-likeness (QED) is 0.473. The monoisotopic (exact) mass is 525 g/mol. The molecule has 0 saturated carbocycles. The largest absolute Gasteiger partial charge is 1.00 e. The molecule has 2 aliphatic rings. The van der Waals surface area contributed by atoms with Crippen LogP contribution in [0.5, 0.6) is 0 Å². The molecule has 0 N–H and O–H groups in total. The molecule has 0 bridgehead atoms. The van der Waals surface area contributed by atoms with Crippen molar-refractivity contribution < 1.29 is 48.0 Å². The van der Waals surface area contributed by atoms with Crippen molar-refractivity contribution in [1.29, 1.82) is 0 Å². The van der Waals surface area contributed by atoms with E-state index in [4.69, 9.17) is 0 Å². The number of aromatic nitrogens is 1. The van der Waals surface area contributed by atoms with Crippen LogP contribution in [0, 0.1) is 13.8 Å². The molecule has 0 radical (unpaired) electrons. The van der Waals surface area contributed by atoms with E-state index in [1.807, 2.05) is 0 Å². The summed E-state index contributed by atoms with van der Waals surface area (Å²) >= 11 is -0.800. The molecule has 158 valence electrons. The number of rotatable bonds is 5. The molecule has 0 spiro atoms. The van der Waals surface area contributed by atoms with Crippen molar-refractivity contribution in [2.24, 2.45) is 0 Å². The number of allylic oxidation sites excluding steroid dienone is 5. The van der Waals surface area contributed by atoms with Crippen LogP contribution in [0.4, 0.5) is 0 Å². The number of aryl methyl sites for hydroxylation is 1. The van der Waals surface area contributed by atoms with Crippen molar-refractivity contribution in [1.82, 2.24) is 4.57 Å². The maximum atomic E-state index is 2.57. The average Bonchev–Trinajstić information content (AvgIpc) is 3.40. The molecule has 1 unspecified atom stereocenters. The number of benzene rings is 2. The van der Waals surface area contributed by atoms with Gasteiger partial charge in [-0.25, -0.2) is 0 Å². The van der Waals surface area contributed by atoms with Crippen molar-refractivity contribution in [2.45, 2.75) is 43.7 Å². The second-order valence-electron chi connectivity index (χ2n) is 8.20. The van der Waals surface area contributed by atoms with Crippen LogP contribution in [0.2, 0.25) is 0 Å². The number of para-hydroxylation sites is 1. The average molecular weight is 528 g/mol. The summed E-state index contributed by atoms with van der Waals surface area (Å²) < 4.78 is 4.96. The van der Waals surface area contributed by atoms with Crippen molar-refractivity contribution in [3.63, 3.8) is 0 Å². The molecule has 1 heterocycles. The van der Waals surface area contributed by atoms with Gasteiger partial charge in [0.1, 0.15) is 0 Å². The first-order chi connectivity index (χ1) is 14.2. The maximum Gasteiger partial charge on any atom is -1.00 e. The van der Waals surface area contributed by atoms with Gasteiger partial charge in [0.15, 0.2) is 0 Å². The van der Waals surface area contributed by atoms with Gasteiger partial charge in [-0.15, -0.1) is 0 Å². The first-order valence-electron chi connectivity index (χ1n) is 10.7. The molecule has 0 saturated heterocycles. The van der Waals surface area contributed by atoms with E-state index in [1.165, 1.54) is 52.7 Å². The Bertz CT molecular complexity index is 1200. The fraction of sp³-hybridized carbons (Fsp3) is 0.259. The summed E-state index contributed by atoms with van der Waals surface area (Å²) in [5.41, 5.74) is 10.3. The number of fused-ring (bicyclic) bond motifs is 2. The molecule has 31 heavy (non-hydrogen) atoms. The molecule has 4 heteroatoms. The predicted molar refractivity (Wildman–Crippen MR) is 120 cm³/mol. The van der Waals surface area contributed by atoms with Gasteiger partial charge in [-0.1, -0.05) is 0 Å². The first-order valence-corrected chi connectivity index (χ1v) is 13.4. The smallest absolute Gasteiger partial charge is 1.00 e. The molecule has 5 rings (SSSR count). The van der Waals surface area contributed by atoms with Gasteiger partial charge in [0.05, 0.1) is 0 Å². The van der Waals surface area contributed by atoms with Gasteiger partial charge >= 0.3 is 186 Å². The third kappa shape index (κ3) is 4.20. The normalized spacial score (nSPS) is 16.6. The summed E-state index contributed by atoms with van der Waals surface area (Å²) in [7, 11) is 0. The fourth-order valence-electron chi connectivity index (χ4n) is 4.89. The molecule has 0 aliphatic heterocycles. The number of halogens is 2. The Kier molecular flexibility index (Phi) is 7.90. The second kappa shape index (κ2) is 10.1. The summed E-state index contributed by atoms with van der Waals surface area (Å²) in [6.45, 7) is 6.87. The topological polar surface area (TPSA) is 4.93 Å². The van der Waals surface area contributed by atoms with E-state index in [-0.39, 0.29) is 24.8 Å². The molecule has 2 aliphatic carbocycles. The van der Waals surface area contributed by atoms with Crippen LogP contribution < -0.4 is 24.8 Å². The van der Waals surface area contributed by atoms with Crippen molar-refractivity contribution >= 4 is 22.7 Å². The molecule has 1 aromatic heterocycles. The molecule has 2 aromatic carbocycles. The SMILES string of the molecule is CCCC1=[C]([Zr+2][CH]2C(n3c(C)c(C)c4ccccc43)=Cc3ccccc32)CC=C1.[Cl-].[Cl-]. The number of hydrogen-bond acceptors (Lipinski definition) is 0. The molecular formula is C27H27Cl2NZr. The van der Waals surface area contributed by atoms with Gasteiger partial charge in [-0.05, 0) is 0 Å². The first kappa shape index (κ1) is 24.3. The maximum absolute atomic E-state index is 2.57. The predicted octanol–water partition coefficient (Wildman–Crippen LogP) is 1.42. The van der Waals surface area contributed by atoms with Crippen LogP contribution in [-0.4, -0.2) is 4.57 Å². The molecular weight excluding hydrogens is 500 g/mol. The Morgan fingerprint density at radius 2 is 1.74 bits per heavy atom. The Balaban J connectivity index is 0.00000136. The zero-order chi connectivity index (χ0) is 20.0. The minimum Gasteiger partial charge on any atom is -1.00 e. The summed E-state index contributed by atoms with van der Waals surface area (Å²) in [5, 5.41) is 1.39. The second-order valence-corrected chi connectivity index (χ2v) is 11.8. The molecule has 1 nitrogen and oxygen atoms in total. The molecule has 3 aromatic rings. The minimum absolute atomic E-state index is 0. The molecule has 0 amide bonds. The van der Waals surface area contributed by atoms with Crippen LogP contribution in [-0.2, 0) is 23.2 Å². The van der Waals surface area contributed by atoms with Crippen LogP contribution >= 0.6 is 0 Å². The zero-order valence-electron chi connectivity index (χ0n) is 18.3. The van der Waals surface area contributed by atoms with Crippen molar-refractivity contribution in [3.8, 4) is 0 Å². The van der Waals surface area contributed by atoms with E-state index in [0.29, 0.717) is 3.63 Å². The molecule has 1 atom stereocenters. The summed E-state index contributed by atoms with van der Waals surface area (Å²) in [6, 6.07) is 18.0. The van der Waals surface area contributed by atoms with E-state index >= 15 is 0 Å². The van der Waals surface area contributed by atoms with Crippen LogP contribution in [0.3, 0.4) is 0 Å². The van der Waals surface area contributed by atoms with Gasteiger partial charge < -0.3 is 24.8 Å². The Morgan fingerprint density at radius 1 is 1.00 bits per heavy atom. The number of nitrogens with zero attached hydrogens (tertiary/aromatic N) is 1. The fourth-order valence-corrected chi connectivity index (χ4v) is 9.21. The summed E-state index contributed by atoms with van der Waals surface area (Å²) in [6.07, 6.45) is 11.0. The Labute approximate surface area is 209 Å². The van der Waals surface area contributed by atoms with E-state index in [0.717, 1.165) is 0 Å². The third-order valence-electron chi connectivity index (χ3n) is 6.46. The van der Waals surface area contributed by atoms with Crippen molar-refractivity contribution in [2.75, 3.05) is 0 Å². The summed E-state index contributed by atoms with van der Waals surface area (Å²) in [4.78, 5) is 0. The van der Waals surface area contributed by atoms with Crippen LogP contribution in [0.15, 0.2) is 69.5 Å². The standard InChI is InChI=1S/C19H16N.C8H11.2ClH.Zr/c1-13-14(2)20(19-10-6-5-9-18(13)19)17-11-15-7-3-4-8-16(15)12-17;1-2-5-8-6-3-4-7-8;;;/h3-12H,1-2H3;3,6H,2,4-5H2,1H3;2*1H;/q;;;;+2/p-2. The van der Waals surface area contributed by atoms with E-state index < -0.39 is 23.2 Å². The number of hydrogen-bond donors (Lipinski definition) is 0. The Hall–Kier alpha value is -1.34. The van der Waals surface area contributed by atoms with Crippen molar-refractivity contribution in [3.05, 3.63) is 91.9 Å². The van der Waals surface area contributed by atoms with Gasteiger partial charge in [0, 0.05) is 0 Å². The van der Waals surface area contributed by atoms with Gasteiger partial charge in [-0.2, -0.15) is 0 Å². The van der Waals surface area contributed by atoms with Crippen LogP contribution in [0.25, 0.3) is 22.7 Å². The third-order valence-corrected chi connectivity index (χ3v) is 10.8. The molecule has 0 fully saturated rings. The van der Waals surface area contributed by atoms with Gasteiger partial charge in [0.2, 0.25) is 0 Å². The van der Waals surface area contributed by atoms with E-state index in [1.54, 1.807) is 14.4 Å². The van der Waals surface area contributed by atoms with Gasteiger partial charge in [-0.3, -0.25) is 0 Å². The van der Waals surface area contributed by atoms with E-state index in [9.17, 15) is 0 Å². The van der Waals surface area contributed by atoms with E-state index in [2.05, 4.69) is 92.1 Å². The minimum atomic E-state index is -0.800. The zero-order valence-corrected chi connectivity index (χ0v) is 22.2.